The van der Waals surface area contributed by atoms with Crippen LogP contribution in [0.3, 0.4) is 0 Å². The first-order chi connectivity index (χ1) is 30.3. The Labute approximate surface area is 373 Å². The number of nitrogens with one attached hydrogen (secondary N) is 1. The molecule has 3 aromatic carbocycles. The van der Waals surface area contributed by atoms with Crippen LogP contribution in [0.2, 0.25) is 0 Å². The van der Waals surface area contributed by atoms with E-state index >= 15 is 0 Å². The van der Waals surface area contributed by atoms with E-state index in [4.69, 9.17) is 24.7 Å². The van der Waals surface area contributed by atoms with Crippen molar-refractivity contribution >= 4 is 56.6 Å². The van der Waals surface area contributed by atoms with Gasteiger partial charge >= 0.3 is 5.97 Å². The molecule has 8 rings (SSSR count). The molecule has 0 aromatic heterocycles. The number of amides is 1. The Morgan fingerprint density at radius 3 is 2.63 bits per heavy atom. The van der Waals surface area contributed by atoms with Crippen LogP contribution in [0.4, 0.5) is 0 Å². The van der Waals surface area contributed by atoms with Gasteiger partial charge in [0.15, 0.2) is 11.7 Å². The van der Waals surface area contributed by atoms with Crippen molar-refractivity contribution in [1.82, 2.24) is 5.32 Å². The number of carboxylic acids is 1. The molecule has 332 valence electrons. The number of carboxylic acid groups (broad SMARTS) is 1. The summed E-state index contributed by atoms with van der Waals surface area (Å²) < 4.78 is 24.4. The largest absolute Gasteiger partial charge is 0.508 e. The summed E-state index contributed by atoms with van der Waals surface area (Å²) >= 11 is 0. The molecule has 16 heteroatoms. The van der Waals surface area contributed by atoms with Gasteiger partial charge in [0.05, 0.1) is 17.7 Å². The van der Waals surface area contributed by atoms with Crippen LogP contribution in [0, 0.1) is 17.8 Å². The summed E-state index contributed by atoms with van der Waals surface area (Å²) in [6.45, 7) is 5.23. The van der Waals surface area contributed by atoms with E-state index in [0.29, 0.717) is 24.6 Å². The molecule has 4 aliphatic heterocycles. The Hall–Kier alpha value is -5.07. The molecule has 0 spiro atoms. The first-order valence-electron chi connectivity index (χ1n) is 20.9. The van der Waals surface area contributed by atoms with Crippen LogP contribution in [0.25, 0.3) is 16.9 Å². The topological polar surface area (TPSA) is 223 Å². The molecule has 0 bridgehead atoms. The smallest absolute Gasteiger partial charge is 0.335 e. The van der Waals surface area contributed by atoms with Crippen LogP contribution in [-0.2, 0) is 19.1 Å². The molecule has 10 atom stereocenters. The van der Waals surface area contributed by atoms with Gasteiger partial charge in [-0.1, -0.05) is 96.1 Å². The minimum atomic E-state index is -2.16. The lowest BCUT2D eigenvalue weighted by atomic mass is 9.77. The summed E-state index contributed by atoms with van der Waals surface area (Å²) in [5.41, 5.74) is 9.10. The molecule has 1 aliphatic carbocycles. The van der Waals surface area contributed by atoms with Crippen molar-refractivity contribution in [3.8, 4) is 17.2 Å². The molecule has 1 amide bonds. The zero-order valence-corrected chi connectivity index (χ0v) is 36.3. The van der Waals surface area contributed by atoms with Crippen molar-refractivity contribution in [3.05, 3.63) is 119 Å². The Morgan fingerprint density at radius 2 is 1.89 bits per heavy atom. The van der Waals surface area contributed by atoms with E-state index < -0.39 is 48.2 Å². The Bertz CT molecular complexity index is 2370. The maximum absolute atomic E-state index is 12.7. The predicted octanol–water partition coefficient (Wildman–Crippen LogP) is 5.70. The molecule has 2 saturated heterocycles. The second-order valence-corrected chi connectivity index (χ2v) is 19.0. The maximum atomic E-state index is 12.7. The number of aromatic hydroxyl groups is 1. The molecule has 2 fully saturated rings. The monoisotopic (exact) mass is 897 g/mol. The van der Waals surface area contributed by atoms with Crippen molar-refractivity contribution in [2.45, 2.75) is 62.5 Å². The third-order valence-corrected chi connectivity index (χ3v) is 14.6. The highest BCUT2D eigenvalue weighted by atomic mass is 33.1. The zero-order chi connectivity index (χ0) is 44.4. The molecule has 63 heavy (non-hydrogen) atoms. The van der Waals surface area contributed by atoms with E-state index in [1.54, 1.807) is 10.8 Å². The average Bonchev–Trinajstić information content (AvgIpc) is 3.80. The van der Waals surface area contributed by atoms with Crippen molar-refractivity contribution in [3.63, 3.8) is 0 Å². The van der Waals surface area contributed by atoms with Gasteiger partial charge in [-0.3, -0.25) is 9.79 Å². The Morgan fingerprint density at radius 1 is 1.10 bits per heavy atom. The standard InChI is InChI=1S/C47H51N3O11S2/c1-25-7-9-27(33-6-4-3-5-32(25)33)10-8-26(2)35-21-50-23-47(57)43(58-24-63-62-22-36(35)29-17-18-49-20-29)40(53)42(45(55)56)61-46(47)59-31-15-16-34-37(19-31)60-41(44(48)54)38(39(34)52)28-11-13-30(51)14-12-28/h3-7,9-17,19-20,25-26,35-36,40-43,46,50-53,57H,8,18,21-24H2,1-2H3,(H2,48,54)(H,55,56)/b27-10+/t25-,26+,35+,36+,40+,41?,42-,43-,46+,47+/m0/s1. The van der Waals surface area contributed by atoms with E-state index in [0.717, 1.165) is 17.7 Å². The minimum Gasteiger partial charge on any atom is -0.508 e. The van der Waals surface area contributed by atoms with Gasteiger partial charge in [0.1, 0.15) is 41.2 Å². The molecule has 5 aliphatic rings. The number of primary amides is 1. The number of benzene rings is 3. The first kappa shape index (κ1) is 44.5. The van der Waals surface area contributed by atoms with Gasteiger partial charge in [-0.05, 0) is 88.7 Å². The number of carbonyl (C=O) groups is 2. The fraction of sp³-hybridized carbons (Fsp3) is 0.383. The number of aliphatic imine (C=N–C) groups is 1. The van der Waals surface area contributed by atoms with E-state index in [1.807, 2.05) is 6.21 Å². The Kier molecular flexibility index (Phi) is 13.4. The van der Waals surface area contributed by atoms with Gasteiger partial charge in [-0.2, -0.15) is 0 Å². The van der Waals surface area contributed by atoms with Gasteiger partial charge < -0.3 is 55.5 Å². The number of fused-ring (bicyclic) bond motifs is 3. The highest BCUT2D eigenvalue weighted by Gasteiger charge is 2.59. The number of β-amino-alcohol motifs (C(OH)–C–C–N with tert-alkyl or cyclic N) is 1. The van der Waals surface area contributed by atoms with Crippen LogP contribution in [0.15, 0.2) is 102 Å². The van der Waals surface area contributed by atoms with Crippen molar-refractivity contribution < 1.29 is 54.1 Å². The lowest BCUT2D eigenvalue weighted by molar-refractivity contribution is -0.316. The number of nitrogens with two attached hydrogens (primary N) is 1. The number of nitrogens with zero attached hydrogens (tertiary/aromatic N) is 1. The summed E-state index contributed by atoms with van der Waals surface area (Å²) in [6, 6.07) is 18.6. The second-order valence-electron chi connectivity index (χ2n) is 16.5. The molecule has 8 N–H and O–H groups in total. The van der Waals surface area contributed by atoms with Crippen LogP contribution < -0.4 is 20.5 Å². The minimum absolute atomic E-state index is 0.000269. The number of ether oxygens (including phenoxy) is 4. The summed E-state index contributed by atoms with van der Waals surface area (Å²) in [7, 11) is 2.99. The SMILES string of the molecule is C[C@H](C/C=C1\C=C[C@H](C)c2ccccc21)[C@H]1CNC[C@]2(O)[C@H](Oc3ccc4c(c3)OC(C(N)=O)C(c3ccc(O)cc3)=C4O)O[C@H](C(=O)O)[C@@H](O)[C@@H]2OCSSC[C@@H]1C1=CCN=C1. The van der Waals surface area contributed by atoms with Crippen LogP contribution in [-0.4, -0.2) is 111 Å². The fourth-order valence-electron chi connectivity index (χ4n) is 9.04. The zero-order valence-electron chi connectivity index (χ0n) is 34.7. The molecule has 0 saturated carbocycles. The molecule has 3 aromatic rings. The van der Waals surface area contributed by atoms with Gasteiger partial charge in [0.25, 0.3) is 5.91 Å². The number of rotatable bonds is 9. The molecule has 4 heterocycles. The fourth-order valence-corrected chi connectivity index (χ4v) is 11.1. The molecule has 14 nitrogen and oxygen atoms in total. The number of allylic oxidation sites excluding steroid dienone is 5. The number of phenolic OH excluding ortho intramolecular Hbond substituents is 1. The second kappa shape index (κ2) is 19.0. The van der Waals surface area contributed by atoms with Crippen molar-refractivity contribution in [1.29, 1.82) is 0 Å². The van der Waals surface area contributed by atoms with E-state index in [9.17, 15) is 35.1 Å². The number of carbonyl (C=O) groups excluding carboxylic acids is 1. The number of hydrogen-bond acceptors (Lipinski definition) is 14. The summed E-state index contributed by atoms with van der Waals surface area (Å²) in [4.78, 5) is 29.7. The van der Waals surface area contributed by atoms with Crippen LogP contribution >= 0.6 is 21.6 Å². The third-order valence-electron chi connectivity index (χ3n) is 12.5. The molecule has 1 unspecified atom stereocenters. The van der Waals surface area contributed by atoms with E-state index in [1.165, 1.54) is 70.0 Å². The first-order valence-corrected chi connectivity index (χ1v) is 23.4. The van der Waals surface area contributed by atoms with E-state index in [2.05, 4.69) is 72.7 Å². The van der Waals surface area contributed by atoms with Gasteiger partial charge in [-0.25, -0.2) is 4.79 Å². The van der Waals surface area contributed by atoms with Crippen LogP contribution in [0.5, 0.6) is 17.2 Å². The molecule has 0 radical (unpaired) electrons. The lowest BCUT2D eigenvalue weighted by Crippen LogP contribution is -2.72. The summed E-state index contributed by atoms with van der Waals surface area (Å²) in [5, 5.41) is 59.1. The molecular weight excluding hydrogens is 847 g/mol. The number of aliphatic carboxylic acids is 1. The van der Waals surface area contributed by atoms with Gasteiger partial charge in [0.2, 0.25) is 12.4 Å². The third kappa shape index (κ3) is 9.16. The average molecular weight is 898 g/mol. The summed E-state index contributed by atoms with van der Waals surface area (Å²) in [5.74, 6) is -1.32. The number of aliphatic hydroxyl groups excluding tert-OH is 2. The number of hydrogen-bond donors (Lipinski definition) is 7. The predicted molar refractivity (Wildman–Crippen MR) is 242 cm³/mol. The highest BCUT2D eigenvalue weighted by molar-refractivity contribution is 8.76. The number of aliphatic hydroxyl groups is 3. The van der Waals surface area contributed by atoms with Gasteiger partial charge in [-0.15, -0.1) is 0 Å². The van der Waals surface area contributed by atoms with Crippen molar-refractivity contribution in [2.75, 3.05) is 31.3 Å². The van der Waals surface area contributed by atoms with Crippen molar-refractivity contribution in [2.24, 2.45) is 28.5 Å². The quantitative estimate of drug-likeness (QED) is 0.128. The van der Waals surface area contributed by atoms with Crippen LogP contribution in [0.1, 0.15) is 48.4 Å². The van der Waals surface area contributed by atoms with Gasteiger partial charge in [0, 0.05) is 24.6 Å². The lowest BCUT2D eigenvalue weighted by Gasteiger charge is -2.49. The van der Waals surface area contributed by atoms with E-state index in [-0.39, 0.29) is 64.4 Å². The highest BCUT2D eigenvalue weighted by Crippen LogP contribution is 2.44. The maximum Gasteiger partial charge on any atom is 0.335 e. The normalized spacial score (nSPS) is 30.7. The summed E-state index contributed by atoms with van der Waals surface area (Å²) in [6.07, 6.45) is 3.36. The molecular formula is C47H51N3O11S2. The number of phenols is 1. The Balaban J connectivity index is 1.09.